The zero-order valence-electron chi connectivity index (χ0n) is 20.1. The van der Waals surface area contributed by atoms with Crippen molar-refractivity contribution in [3.63, 3.8) is 0 Å². The second-order valence-electron chi connectivity index (χ2n) is 9.94. The van der Waals surface area contributed by atoms with Crippen molar-refractivity contribution in [2.24, 2.45) is 5.41 Å². The first-order valence-corrected chi connectivity index (χ1v) is 11.1. The van der Waals surface area contributed by atoms with E-state index in [1.165, 1.54) is 6.07 Å². The molecule has 3 N–H and O–H groups in total. The van der Waals surface area contributed by atoms with Crippen LogP contribution in [0.5, 0.6) is 0 Å². The van der Waals surface area contributed by atoms with Crippen molar-refractivity contribution in [2.75, 3.05) is 11.9 Å². The largest absolute Gasteiger partial charge is 0.465 e. The quantitative estimate of drug-likeness (QED) is 0.371. The first-order chi connectivity index (χ1) is 17.3. The van der Waals surface area contributed by atoms with Gasteiger partial charge in [-0.3, -0.25) is 0 Å². The zero-order chi connectivity index (χ0) is 28.8. The van der Waals surface area contributed by atoms with Gasteiger partial charge in [-0.05, 0) is 41.3 Å². The van der Waals surface area contributed by atoms with Crippen molar-refractivity contribution in [1.82, 2.24) is 10.2 Å². The Morgan fingerprint density at radius 2 is 1.45 bits per heavy atom. The maximum Gasteiger partial charge on any atom is 0.416 e. The lowest BCUT2D eigenvalue weighted by Crippen LogP contribution is -2.54. The number of rotatable bonds is 3. The summed E-state index contributed by atoms with van der Waals surface area (Å²) >= 11 is 0. The predicted molar refractivity (Wildman–Crippen MR) is 119 cm³/mol. The topological polar surface area (TPSA) is 81.7 Å². The van der Waals surface area contributed by atoms with E-state index in [-0.39, 0.29) is 18.2 Å². The van der Waals surface area contributed by atoms with E-state index in [4.69, 9.17) is 0 Å². The summed E-state index contributed by atoms with van der Waals surface area (Å²) in [5.41, 5.74) is -4.82. The van der Waals surface area contributed by atoms with Crippen LogP contribution in [0, 0.1) is 17.0 Å². The molecule has 14 heteroatoms. The van der Waals surface area contributed by atoms with Crippen molar-refractivity contribution in [2.45, 2.75) is 51.1 Å². The first-order valence-electron chi connectivity index (χ1n) is 11.1. The highest BCUT2D eigenvalue weighted by Crippen LogP contribution is 2.41. The van der Waals surface area contributed by atoms with Gasteiger partial charge in [0, 0.05) is 18.2 Å². The van der Waals surface area contributed by atoms with E-state index in [9.17, 15) is 49.8 Å². The third kappa shape index (κ3) is 6.27. The molecule has 0 aliphatic carbocycles. The SMILES string of the molecule is CC(C)(C)C1[C@@H](NC(=O)Nc2cc(C(F)(F)F)cc(C(F)(F)F)c2)[C@H](c2ccc(F)c(F)c2)CN1C(=O)O. The summed E-state index contributed by atoms with van der Waals surface area (Å²) in [7, 11) is 0. The third-order valence-corrected chi connectivity index (χ3v) is 6.15. The van der Waals surface area contributed by atoms with Crippen molar-refractivity contribution in [3.05, 3.63) is 64.7 Å². The number of hydrogen-bond acceptors (Lipinski definition) is 2. The maximum atomic E-state index is 14.0. The predicted octanol–water partition coefficient (Wildman–Crippen LogP) is 6.68. The summed E-state index contributed by atoms with van der Waals surface area (Å²) in [4.78, 5) is 25.8. The van der Waals surface area contributed by atoms with E-state index in [2.05, 4.69) is 5.32 Å². The van der Waals surface area contributed by atoms with Gasteiger partial charge in [0.25, 0.3) is 0 Å². The van der Waals surface area contributed by atoms with Gasteiger partial charge >= 0.3 is 24.5 Å². The van der Waals surface area contributed by atoms with Crippen LogP contribution in [0.25, 0.3) is 0 Å². The molecule has 0 radical (unpaired) electrons. The van der Waals surface area contributed by atoms with Crippen molar-refractivity contribution in [1.29, 1.82) is 0 Å². The van der Waals surface area contributed by atoms with Gasteiger partial charge in [-0.15, -0.1) is 0 Å². The standard InChI is InChI=1S/C24H23F8N3O3/c1-22(2,3)19-18(15(10-35(19)21(37)38)11-4-5-16(25)17(26)6-11)34-20(36)33-14-8-12(23(27,28)29)7-13(9-14)24(30,31)32/h4-9,15,18-19H,10H2,1-3H3,(H,37,38)(H2,33,34,36)/t15-,18-,19?/m0/s1. The molecule has 3 amide bonds. The summed E-state index contributed by atoms with van der Waals surface area (Å²) in [6, 6.07) is 0.0836. The molecule has 0 spiro atoms. The zero-order valence-corrected chi connectivity index (χ0v) is 20.1. The van der Waals surface area contributed by atoms with Gasteiger partial charge < -0.3 is 20.6 Å². The highest BCUT2D eigenvalue weighted by Gasteiger charge is 2.50. The average molecular weight is 553 g/mol. The number of benzene rings is 2. The summed E-state index contributed by atoms with van der Waals surface area (Å²) in [6.45, 7) is 4.69. The summed E-state index contributed by atoms with van der Waals surface area (Å²) in [6.07, 6.45) is -11.7. The molecule has 1 fully saturated rings. The van der Waals surface area contributed by atoms with E-state index < -0.39 is 76.3 Å². The number of hydrogen-bond donors (Lipinski definition) is 3. The lowest BCUT2D eigenvalue weighted by Gasteiger charge is -2.37. The number of likely N-dealkylation sites (tertiary alicyclic amines) is 1. The Kier molecular flexibility index (Phi) is 7.59. The van der Waals surface area contributed by atoms with Crippen LogP contribution in [-0.2, 0) is 12.4 Å². The molecule has 3 atom stereocenters. The summed E-state index contributed by atoms with van der Waals surface area (Å²) in [5.74, 6) is -3.32. The highest BCUT2D eigenvalue weighted by atomic mass is 19.4. The minimum Gasteiger partial charge on any atom is -0.465 e. The second-order valence-corrected chi connectivity index (χ2v) is 9.94. The van der Waals surface area contributed by atoms with Crippen molar-refractivity contribution >= 4 is 17.8 Å². The number of carbonyl (C=O) groups is 2. The van der Waals surface area contributed by atoms with Gasteiger partial charge in [0.05, 0.1) is 23.2 Å². The molecule has 1 aliphatic rings. The Balaban J connectivity index is 2.00. The molecule has 3 rings (SSSR count). The monoisotopic (exact) mass is 553 g/mol. The molecule has 1 unspecified atom stereocenters. The van der Waals surface area contributed by atoms with Crippen LogP contribution in [0.15, 0.2) is 36.4 Å². The molecule has 38 heavy (non-hydrogen) atoms. The molecule has 2 aromatic rings. The van der Waals surface area contributed by atoms with Crippen LogP contribution in [-0.4, -0.2) is 40.8 Å². The van der Waals surface area contributed by atoms with E-state index >= 15 is 0 Å². The number of alkyl halides is 6. The maximum absolute atomic E-state index is 14.0. The molecule has 6 nitrogen and oxygen atoms in total. The molecule has 1 aliphatic heterocycles. The van der Waals surface area contributed by atoms with Gasteiger partial charge in [0.15, 0.2) is 11.6 Å². The minimum atomic E-state index is -5.14. The second kappa shape index (κ2) is 9.95. The Bertz CT molecular complexity index is 1190. The molecule has 0 saturated carbocycles. The number of carboxylic acid groups (broad SMARTS) is 1. The average Bonchev–Trinajstić information content (AvgIpc) is 3.14. The number of amides is 3. The van der Waals surface area contributed by atoms with Crippen LogP contribution in [0.3, 0.4) is 0 Å². The highest BCUT2D eigenvalue weighted by molar-refractivity contribution is 5.90. The van der Waals surface area contributed by atoms with Gasteiger partial charge in [-0.1, -0.05) is 26.8 Å². The van der Waals surface area contributed by atoms with Gasteiger partial charge in [0.1, 0.15) is 0 Å². The molecule has 1 heterocycles. The van der Waals surface area contributed by atoms with Gasteiger partial charge in [0.2, 0.25) is 0 Å². The number of nitrogens with one attached hydrogen (secondary N) is 2. The van der Waals surface area contributed by atoms with E-state index in [0.717, 1.165) is 17.0 Å². The van der Waals surface area contributed by atoms with Crippen molar-refractivity contribution in [3.8, 4) is 0 Å². The fourth-order valence-electron chi connectivity index (χ4n) is 4.64. The number of urea groups is 1. The number of nitrogens with zero attached hydrogens (tertiary/aromatic N) is 1. The molecular weight excluding hydrogens is 530 g/mol. The Morgan fingerprint density at radius 3 is 1.89 bits per heavy atom. The number of carbonyl (C=O) groups excluding carboxylic acids is 1. The lowest BCUT2D eigenvalue weighted by molar-refractivity contribution is -0.143. The van der Waals surface area contributed by atoms with Crippen LogP contribution >= 0.6 is 0 Å². The first kappa shape index (κ1) is 29.0. The summed E-state index contributed by atoms with van der Waals surface area (Å²) in [5, 5.41) is 14.1. The molecule has 208 valence electrons. The van der Waals surface area contributed by atoms with Crippen LogP contribution in [0.1, 0.15) is 43.4 Å². The molecule has 1 saturated heterocycles. The molecule has 0 aromatic heterocycles. The van der Waals surface area contributed by atoms with E-state index in [1.54, 1.807) is 20.8 Å². The minimum absolute atomic E-state index is 0.0977. The van der Waals surface area contributed by atoms with E-state index in [0.29, 0.717) is 12.1 Å². The third-order valence-electron chi connectivity index (χ3n) is 6.15. The van der Waals surface area contributed by atoms with Crippen LogP contribution in [0.4, 0.5) is 50.4 Å². The Morgan fingerprint density at radius 1 is 0.895 bits per heavy atom. The Hall–Kier alpha value is -3.58. The molecular formula is C24H23F8N3O3. The Labute approximate surface area is 211 Å². The van der Waals surface area contributed by atoms with Gasteiger partial charge in [-0.25, -0.2) is 18.4 Å². The molecule has 0 bridgehead atoms. The fourth-order valence-corrected chi connectivity index (χ4v) is 4.64. The van der Waals surface area contributed by atoms with Gasteiger partial charge in [-0.2, -0.15) is 26.3 Å². The van der Waals surface area contributed by atoms with E-state index in [1.807, 2.05) is 5.32 Å². The van der Waals surface area contributed by atoms with Crippen LogP contribution < -0.4 is 10.6 Å². The number of anilines is 1. The normalized spacial score (nSPS) is 20.4. The smallest absolute Gasteiger partial charge is 0.416 e. The lowest BCUT2D eigenvalue weighted by atomic mass is 9.79. The summed E-state index contributed by atoms with van der Waals surface area (Å²) < 4.78 is 107. The molecule has 2 aromatic carbocycles. The number of halogens is 8. The fraction of sp³-hybridized carbons (Fsp3) is 0.417. The van der Waals surface area contributed by atoms with Crippen LogP contribution in [0.2, 0.25) is 0 Å². The van der Waals surface area contributed by atoms with Crippen molar-refractivity contribution < 1.29 is 49.8 Å².